The Morgan fingerprint density at radius 2 is 2.12 bits per heavy atom. The Morgan fingerprint density at radius 1 is 1.29 bits per heavy atom. The number of benzene rings is 1. The summed E-state index contributed by atoms with van der Waals surface area (Å²) in [6.45, 7) is 3.67. The molecule has 0 fully saturated rings. The van der Waals surface area contributed by atoms with E-state index >= 15 is 0 Å². The monoisotopic (exact) mass is 221 g/mol. The number of hydrogen-bond donors (Lipinski definition) is 0. The normalized spacial score (nSPS) is 11.9. The Morgan fingerprint density at radius 3 is 2.76 bits per heavy atom. The van der Waals surface area contributed by atoms with E-state index < -0.39 is 0 Å². The van der Waals surface area contributed by atoms with Gasteiger partial charge in [-0.1, -0.05) is 49.1 Å². The molecule has 0 bridgehead atoms. The molecule has 1 radical (unpaired) electrons. The molecule has 0 aliphatic carbocycles. The SMILES string of the molecule is C=C[C]=C(C=Cc1ccccc1)n1ccnc1. The van der Waals surface area contributed by atoms with Crippen LogP contribution in [0.5, 0.6) is 0 Å². The first kappa shape index (κ1) is 11.1. The predicted octanol–water partition coefficient (Wildman–Crippen LogP) is 3.43. The van der Waals surface area contributed by atoms with Crippen molar-refractivity contribution in [1.82, 2.24) is 9.55 Å². The van der Waals surface area contributed by atoms with Crippen LogP contribution in [0.15, 0.2) is 67.8 Å². The van der Waals surface area contributed by atoms with Crippen LogP contribution in [0.2, 0.25) is 0 Å². The van der Waals surface area contributed by atoms with Crippen molar-refractivity contribution in [3.8, 4) is 0 Å². The molecule has 2 rings (SSSR count). The Labute approximate surface area is 101 Å². The molecule has 1 aromatic carbocycles. The van der Waals surface area contributed by atoms with E-state index in [1.54, 1.807) is 18.6 Å². The van der Waals surface area contributed by atoms with Crippen LogP contribution in [0.4, 0.5) is 0 Å². The average molecular weight is 221 g/mol. The summed E-state index contributed by atoms with van der Waals surface area (Å²) >= 11 is 0. The summed E-state index contributed by atoms with van der Waals surface area (Å²) in [5.41, 5.74) is 2.05. The summed E-state index contributed by atoms with van der Waals surface area (Å²) < 4.78 is 1.89. The van der Waals surface area contributed by atoms with Crippen molar-refractivity contribution in [3.05, 3.63) is 79.4 Å². The second kappa shape index (κ2) is 5.66. The molecule has 2 heteroatoms. The summed E-state index contributed by atoms with van der Waals surface area (Å²) in [4.78, 5) is 4.01. The highest BCUT2D eigenvalue weighted by molar-refractivity contribution is 5.66. The zero-order valence-corrected chi connectivity index (χ0v) is 9.45. The molecule has 1 heterocycles. The van der Waals surface area contributed by atoms with Gasteiger partial charge in [0.2, 0.25) is 0 Å². The molecule has 2 nitrogen and oxygen atoms in total. The molecule has 2 aromatic rings. The molecule has 17 heavy (non-hydrogen) atoms. The fourth-order valence-electron chi connectivity index (χ4n) is 1.45. The van der Waals surface area contributed by atoms with Gasteiger partial charge in [-0.05, 0) is 11.6 Å². The first-order valence-electron chi connectivity index (χ1n) is 5.36. The van der Waals surface area contributed by atoms with Gasteiger partial charge in [0.25, 0.3) is 0 Å². The number of rotatable bonds is 4. The Kier molecular flexibility index (Phi) is 3.71. The van der Waals surface area contributed by atoms with E-state index in [2.05, 4.69) is 29.8 Å². The third-order valence-corrected chi connectivity index (χ3v) is 2.27. The van der Waals surface area contributed by atoms with Crippen molar-refractivity contribution in [1.29, 1.82) is 0 Å². The van der Waals surface area contributed by atoms with Crippen molar-refractivity contribution in [2.75, 3.05) is 0 Å². The molecular formula is C15H13N2. The molecule has 83 valence electrons. The van der Waals surface area contributed by atoms with Crippen molar-refractivity contribution in [2.45, 2.75) is 0 Å². The van der Waals surface area contributed by atoms with Gasteiger partial charge < -0.3 is 4.57 Å². The van der Waals surface area contributed by atoms with Crippen molar-refractivity contribution >= 4 is 11.8 Å². The van der Waals surface area contributed by atoms with Crippen LogP contribution < -0.4 is 0 Å². The van der Waals surface area contributed by atoms with Crippen molar-refractivity contribution in [3.63, 3.8) is 0 Å². The van der Waals surface area contributed by atoms with Gasteiger partial charge in [0.05, 0.1) is 12.0 Å². The van der Waals surface area contributed by atoms with Crippen LogP contribution >= 0.6 is 0 Å². The quantitative estimate of drug-likeness (QED) is 0.723. The maximum Gasteiger partial charge on any atom is 0.0991 e. The molecule has 0 saturated carbocycles. The average Bonchev–Trinajstić information content (AvgIpc) is 2.89. The lowest BCUT2D eigenvalue weighted by molar-refractivity contribution is 1.10. The largest absolute Gasteiger partial charge is 0.306 e. The van der Waals surface area contributed by atoms with Crippen LogP contribution in [0, 0.1) is 6.08 Å². The Bertz CT molecular complexity index is 519. The fourth-order valence-corrected chi connectivity index (χ4v) is 1.45. The highest BCUT2D eigenvalue weighted by Crippen LogP contribution is 2.09. The molecule has 0 saturated heterocycles. The van der Waals surface area contributed by atoms with E-state index in [0.29, 0.717) is 0 Å². The zero-order chi connectivity index (χ0) is 11.9. The summed E-state index contributed by atoms with van der Waals surface area (Å²) in [6, 6.07) is 10.1. The highest BCUT2D eigenvalue weighted by atomic mass is 15.0. The number of imidazole rings is 1. The lowest BCUT2D eigenvalue weighted by atomic mass is 10.2. The van der Waals surface area contributed by atoms with Crippen LogP contribution in [0.1, 0.15) is 5.56 Å². The van der Waals surface area contributed by atoms with Crippen LogP contribution in [-0.4, -0.2) is 9.55 Å². The molecule has 0 aliphatic heterocycles. The van der Waals surface area contributed by atoms with E-state index in [-0.39, 0.29) is 0 Å². The van der Waals surface area contributed by atoms with Crippen molar-refractivity contribution in [2.24, 2.45) is 0 Å². The summed E-state index contributed by atoms with van der Waals surface area (Å²) in [5.74, 6) is 0. The van der Waals surface area contributed by atoms with Gasteiger partial charge in [0.1, 0.15) is 0 Å². The minimum atomic E-state index is 0.904. The van der Waals surface area contributed by atoms with Crippen molar-refractivity contribution < 1.29 is 0 Å². The van der Waals surface area contributed by atoms with Crippen LogP contribution in [-0.2, 0) is 0 Å². The van der Waals surface area contributed by atoms with Gasteiger partial charge in [-0.3, -0.25) is 0 Å². The highest BCUT2D eigenvalue weighted by Gasteiger charge is 1.94. The molecule has 0 unspecified atom stereocenters. The molecule has 1 aromatic heterocycles. The first-order valence-corrected chi connectivity index (χ1v) is 5.36. The molecule has 0 aliphatic rings. The number of hydrogen-bond acceptors (Lipinski definition) is 1. The second-order valence-corrected chi connectivity index (χ2v) is 3.45. The second-order valence-electron chi connectivity index (χ2n) is 3.45. The summed E-state index contributed by atoms with van der Waals surface area (Å²) in [6.07, 6.45) is 14.1. The molecular weight excluding hydrogens is 208 g/mol. The molecule has 0 spiro atoms. The van der Waals surface area contributed by atoms with Gasteiger partial charge >= 0.3 is 0 Å². The van der Waals surface area contributed by atoms with E-state index in [9.17, 15) is 0 Å². The topological polar surface area (TPSA) is 17.8 Å². The van der Waals surface area contributed by atoms with E-state index in [1.165, 1.54) is 0 Å². The minimum absolute atomic E-state index is 0.904. The van der Waals surface area contributed by atoms with Gasteiger partial charge in [-0.2, -0.15) is 0 Å². The number of allylic oxidation sites excluding steroid dienone is 4. The summed E-state index contributed by atoms with van der Waals surface area (Å²) in [7, 11) is 0. The van der Waals surface area contributed by atoms with E-state index in [4.69, 9.17) is 0 Å². The lowest BCUT2D eigenvalue weighted by Crippen LogP contribution is -1.89. The van der Waals surface area contributed by atoms with Gasteiger partial charge in [-0.15, -0.1) is 0 Å². The van der Waals surface area contributed by atoms with Gasteiger partial charge in [-0.25, -0.2) is 4.98 Å². The Hall–Kier alpha value is -2.35. The fraction of sp³-hybridized carbons (Fsp3) is 0. The zero-order valence-electron chi connectivity index (χ0n) is 9.45. The van der Waals surface area contributed by atoms with Gasteiger partial charge in [0, 0.05) is 18.5 Å². The maximum absolute atomic E-state index is 4.01. The minimum Gasteiger partial charge on any atom is -0.306 e. The third kappa shape index (κ3) is 3.05. The molecule has 0 amide bonds. The van der Waals surface area contributed by atoms with E-state index in [1.807, 2.05) is 41.1 Å². The smallest absolute Gasteiger partial charge is 0.0991 e. The standard InChI is InChI=1S/C15H13N2/c1-2-6-15(17-12-11-16-13-17)10-9-14-7-4-3-5-8-14/h2-5,7-13H,1H2. The van der Waals surface area contributed by atoms with Gasteiger partial charge in [0.15, 0.2) is 0 Å². The Balaban J connectivity index is 2.23. The first-order chi connectivity index (χ1) is 8.40. The molecule has 0 N–H and O–H groups in total. The third-order valence-electron chi connectivity index (χ3n) is 2.27. The maximum atomic E-state index is 4.01. The van der Waals surface area contributed by atoms with E-state index in [0.717, 1.165) is 11.3 Å². The molecule has 0 atom stereocenters. The number of aromatic nitrogens is 2. The van der Waals surface area contributed by atoms with Crippen LogP contribution in [0.25, 0.3) is 11.8 Å². The number of nitrogens with zero attached hydrogens (tertiary/aromatic N) is 2. The lowest BCUT2D eigenvalue weighted by Gasteiger charge is -2.01. The predicted molar refractivity (Wildman–Crippen MR) is 70.8 cm³/mol. The van der Waals surface area contributed by atoms with Crippen LogP contribution in [0.3, 0.4) is 0 Å². The summed E-state index contributed by atoms with van der Waals surface area (Å²) in [5, 5.41) is 0.